The number of pyridine rings is 2. The maximum absolute atomic E-state index is 12.5. The molecule has 0 aliphatic rings. The van der Waals surface area contributed by atoms with Crippen molar-refractivity contribution in [2.75, 3.05) is 10.6 Å². The van der Waals surface area contributed by atoms with Gasteiger partial charge < -0.3 is 15.4 Å². The normalized spacial score (nSPS) is 10.5. The lowest BCUT2D eigenvalue weighted by Crippen LogP contribution is -2.13. The van der Waals surface area contributed by atoms with Crippen LogP contribution in [0.2, 0.25) is 0 Å². The topological polar surface area (TPSA) is 76.1 Å². The summed E-state index contributed by atoms with van der Waals surface area (Å²) in [7, 11) is 0. The highest BCUT2D eigenvalue weighted by Crippen LogP contribution is 2.18. The molecule has 6 nitrogen and oxygen atoms in total. The van der Waals surface area contributed by atoms with Crippen molar-refractivity contribution in [2.24, 2.45) is 0 Å². The van der Waals surface area contributed by atoms with E-state index in [4.69, 9.17) is 4.74 Å². The number of benzene rings is 1. The van der Waals surface area contributed by atoms with Gasteiger partial charge in [-0.15, -0.1) is 0 Å². The fraction of sp³-hybridized carbons (Fsp3) is 0.190. The molecule has 0 atom stereocenters. The van der Waals surface area contributed by atoms with Crippen LogP contribution in [0.1, 0.15) is 29.9 Å². The zero-order chi connectivity index (χ0) is 19.1. The van der Waals surface area contributed by atoms with Gasteiger partial charge >= 0.3 is 0 Å². The van der Waals surface area contributed by atoms with Gasteiger partial charge in [0, 0.05) is 24.3 Å². The lowest BCUT2D eigenvalue weighted by atomic mass is 10.2. The summed E-state index contributed by atoms with van der Waals surface area (Å²) in [5.41, 5.74) is 2.84. The summed E-state index contributed by atoms with van der Waals surface area (Å²) in [6.45, 7) is 4.50. The zero-order valence-corrected chi connectivity index (χ0v) is 15.3. The van der Waals surface area contributed by atoms with E-state index in [0.717, 1.165) is 17.1 Å². The fourth-order valence-corrected chi connectivity index (χ4v) is 2.45. The molecule has 2 heterocycles. The molecule has 0 unspecified atom stereocenters. The largest absolute Gasteiger partial charge is 0.491 e. The Labute approximate surface area is 158 Å². The van der Waals surface area contributed by atoms with Crippen LogP contribution in [-0.2, 0) is 6.54 Å². The van der Waals surface area contributed by atoms with E-state index in [0.29, 0.717) is 17.8 Å². The SMILES string of the molecule is CC(C)Oc1ccc(NC(=O)c2cncc(NCc3ccccn3)c2)cc1. The second-order valence-electron chi connectivity index (χ2n) is 6.28. The summed E-state index contributed by atoms with van der Waals surface area (Å²) < 4.78 is 5.60. The molecular formula is C21H22N4O2. The van der Waals surface area contributed by atoms with Crippen LogP contribution in [0, 0.1) is 0 Å². The first-order valence-corrected chi connectivity index (χ1v) is 8.77. The standard InChI is InChI=1S/C21H22N4O2/c1-15(2)27-20-8-6-17(7-9-20)25-21(26)16-11-19(13-22-12-16)24-14-18-5-3-4-10-23-18/h3-13,15,24H,14H2,1-2H3,(H,25,26). The zero-order valence-electron chi connectivity index (χ0n) is 15.3. The van der Waals surface area contributed by atoms with Gasteiger partial charge in [-0.1, -0.05) is 6.07 Å². The number of ether oxygens (including phenoxy) is 1. The van der Waals surface area contributed by atoms with E-state index in [2.05, 4.69) is 20.6 Å². The van der Waals surface area contributed by atoms with Gasteiger partial charge in [0.25, 0.3) is 5.91 Å². The summed E-state index contributed by atoms with van der Waals surface area (Å²) in [5.74, 6) is 0.548. The van der Waals surface area contributed by atoms with Crippen LogP contribution in [0.25, 0.3) is 0 Å². The summed E-state index contributed by atoms with van der Waals surface area (Å²) in [6.07, 6.45) is 5.07. The van der Waals surface area contributed by atoms with Gasteiger partial charge in [0.05, 0.1) is 29.6 Å². The fourth-order valence-electron chi connectivity index (χ4n) is 2.45. The Kier molecular flexibility index (Phi) is 5.99. The second-order valence-corrected chi connectivity index (χ2v) is 6.28. The van der Waals surface area contributed by atoms with Crippen molar-refractivity contribution < 1.29 is 9.53 Å². The molecule has 6 heteroatoms. The van der Waals surface area contributed by atoms with Crippen molar-refractivity contribution in [3.8, 4) is 5.75 Å². The average molecular weight is 362 g/mol. The minimum absolute atomic E-state index is 0.109. The quantitative estimate of drug-likeness (QED) is 0.661. The first-order valence-electron chi connectivity index (χ1n) is 8.77. The van der Waals surface area contributed by atoms with Crippen molar-refractivity contribution in [3.05, 3.63) is 78.4 Å². The predicted octanol–water partition coefficient (Wildman–Crippen LogP) is 4.13. The Morgan fingerprint density at radius 2 is 1.89 bits per heavy atom. The molecule has 138 valence electrons. The van der Waals surface area contributed by atoms with Gasteiger partial charge in [-0.2, -0.15) is 0 Å². The molecule has 1 amide bonds. The van der Waals surface area contributed by atoms with Gasteiger partial charge in [0.1, 0.15) is 5.75 Å². The van der Waals surface area contributed by atoms with Crippen molar-refractivity contribution in [1.82, 2.24) is 9.97 Å². The Bertz CT molecular complexity index is 880. The number of aromatic nitrogens is 2. The molecule has 2 N–H and O–H groups in total. The number of nitrogens with one attached hydrogen (secondary N) is 2. The lowest BCUT2D eigenvalue weighted by molar-refractivity contribution is 0.102. The summed E-state index contributed by atoms with van der Waals surface area (Å²) >= 11 is 0. The van der Waals surface area contributed by atoms with Crippen LogP contribution in [0.15, 0.2) is 67.1 Å². The van der Waals surface area contributed by atoms with Crippen molar-refractivity contribution in [1.29, 1.82) is 0 Å². The third-order valence-electron chi connectivity index (χ3n) is 3.68. The van der Waals surface area contributed by atoms with Gasteiger partial charge in [-0.05, 0) is 56.3 Å². The van der Waals surface area contributed by atoms with Crippen LogP contribution in [0.5, 0.6) is 5.75 Å². The van der Waals surface area contributed by atoms with Crippen molar-refractivity contribution in [2.45, 2.75) is 26.5 Å². The van der Waals surface area contributed by atoms with Crippen LogP contribution in [0.4, 0.5) is 11.4 Å². The average Bonchev–Trinajstić information content (AvgIpc) is 2.68. The van der Waals surface area contributed by atoms with Gasteiger partial charge in [-0.3, -0.25) is 14.8 Å². The molecule has 0 aliphatic heterocycles. The van der Waals surface area contributed by atoms with Crippen molar-refractivity contribution >= 4 is 17.3 Å². The predicted molar refractivity (Wildman–Crippen MR) is 106 cm³/mol. The lowest BCUT2D eigenvalue weighted by Gasteiger charge is -2.11. The van der Waals surface area contributed by atoms with E-state index >= 15 is 0 Å². The maximum atomic E-state index is 12.5. The second kappa shape index (κ2) is 8.80. The van der Waals surface area contributed by atoms with E-state index in [9.17, 15) is 4.79 Å². The molecule has 0 saturated heterocycles. The van der Waals surface area contributed by atoms with Gasteiger partial charge in [0.2, 0.25) is 0 Å². The molecule has 0 saturated carbocycles. The Morgan fingerprint density at radius 3 is 2.59 bits per heavy atom. The first kappa shape index (κ1) is 18.4. The molecule has 1 aromatic carbocycles. The number of hydrogen-bond donors (Lipinski definition) is 2. The summed E-state index contributed by atoms with van der Waals surface area (Å²) in [4.78, 5) is 20.9. The van der Waals surface area contributed by atoms with Crippen LogP contribution >= 0.6 is 0 Å². The molecule has 0 radical (unpaired) electrons. The van der Waals surface area contributed by atoms with Crippen LogP contribution in [-0.4, -0.2) is 22.0 Å². The number of rotatable bonds is 7. The van der Waals surface area contributed by atoms with Crippen molar-refractivity contribution in [3.63, 3.8) is 0 Å². The highest BCUT2D eigenvalue weighted by atomic mass is 16.5. The van der Waals surface area contributed by atoms with E-state index in [1.165, 1.54) is 6.20 Å². The molecule has 0 fully saturated rings. The summed E-state index contributed by atoms with van der Waals surface area (Å²) in [6, 6.07) is 14.8. The Morgan fingerprint density at radius 1 is 1.07 bits per heavy atom. The van der Waals surface area contributed by atoms with Crippen LogP contribution < -0.4 is 15.4 Å². The minimum Gasteiger partial charge on any atom is -0.491 e. The van der Waals surface area contributed by atoms with E-state index < -0.39 is 0 Å². The Hall–Kier alpha value is -3.41. The number of carbonyl (C=O) groups excluding carboxylic acids is 1. The molecule has 3 rings (SSSR count). The smallest absolute Gasteiger partial charge is 0.257 e. The number of amides is 1. The number of anilines is 2. The molecule has 0 spiro atoms. The maximum Gasteiger partial charge on any atom is 0.257 e. The number of carbonyl (C=O) groups is 1. The Balaban J connectivity index is 1.61. The molecule has 0 aliphatic carbocycles. The highest BCUT2D eigenvalue weighted by molar-refractivity contribution is 6.04. The molecule has 2 aromatic heterocycles. The number of nitrogens with zero attached hydrogens (tertiary/aromatic N) is 2. The molecular weight excluding hydrogens is 340 g/mol. The summed E-state index contributed by atoms with van der Waals surface area (Å²) in [5, 5.41) is 6.09. The third-order valence-corrected chi connectivity index (χ3v) is 3.68. The van der Waals surface area contributed by atoms with Gasteiger partial charge in [0.15, 0.2) is 0 Å². The number of hydrogen-bond acceptors (Lipinski definition) is 5. The minimum atomic E-state index is -0.221. The van der Waals surface area contributed by atoms with E-state index in [1.54, 1.807) is 18.5 Å². The van der Waals surface area contributed by atoms with Gasteiger partial charge in [-0.25, -0.2) is 0 Å². The molecule has 0 bridgehead atoms. The monoisotopic (exact) mass is 362 g/mol. The highest BCUT2D eigenvalue weighted by Gasteiger charge is 2.08. The first-order chi connectivity index (χ1) is 13.1. The third kappa shape index (κ3) is 5.54. The molecule has 27 heavy (non-hydrogen) atoms. The molecule has 3 aromatic rings. The van der Waals surface area contributed by atoms with E-state index in [1.807, 2.05) is 56.3 Å². The van der Waals surface area contributed by atoms with E-state index in [-0.39, 0.29) is 12.0 Å². The van der Waals surface area contributed by atoms with Crippen LogP contribution in [0.3, 0.4) is 0 Å².